The Morgan fingerprint density at radius 1 is 1.79 bits per heavy atom. The predicted molar refractivity (Wildman–Crippen MR) is 49.8 cm³/mol. The summed E-state index contributed by atoms with van der Waals surface area (Å²) in [6, 6.07) is -0.409. The van der Waals surface area contributed by atoms with E-state index in [4.69, 9.17) is 15.3 Å². The Labute approximate surface area is 81.9 Å². The van der Waals surface area contributed by atoms with E-state index in [-0.39, 0.29) is 17.4 Å². The normalized spacial score (nSPS) is 15.1. The maximum absolute atomic E-state index is 10.7. The van der Waals surface area contributed by atoms with E-state index in [1.54, 1.807) is 0 Å². The van der Waals surface area contributed by atoms with Crippen LogP contribution in [-0.4, -0.2) is 16.1 Å². The Bertz CT molecular complexity index is 322. The van der Waals surface area contributed by atoms with Crippen molar-refractivity contribution >= 4 is 5.97 Å². The van der Waals surface area contributed by atoms with Crippen LogP contribution in [0.2, 0.25) is 0 Å². The van der Waals surface area contributed by atoms with Crippen LogP contribution < -0.4 is 5.73 Å². The molecule has 0 radical (unpaired) electrons. The third-order valence-corrected chi connectivity index (χ3v) is 2.36. The predicted octanol–water partition coefficient (Wildman–Crippen LogP) is 1.42. The van der Waals surface area contributed by atoms with Crippen LogP contribution in [-0.2, 0) is 0 Å². The van der Waals surface area contributed by atoms with Crippen molar-refractivity contribution < 1.29 is 14.3 Å². The topological polar surface area (TPSA) is 89.4 Å². The van der Waals surface area contributed by atoms with E-state index in [2.05, 4.69) is 4.98 Å². The molecule has 0 aromatic carbocycles. The zero-order valence-corrected chi connectivity index (χ0v) is 8.23. The largest absolute Gasteiger partial charge is 0.476 e. The van der Waals surface area contributed by atoms with E-state index in [0.717, 1.165) is 12.8 Å². The lowest BCUT2D eigenvalue weighted by Crippen LogP contribution is -2.20. The molecule has 1 aromatic heterocycles. The standard InChI is InChI=1S/C9H14N2O3/c1-3-5(2)6(10)8-7(9(12)13)11-4-14-8/h4-6H,3,10H2,1-2H3,(H,12,13)/t5-,6-/m0/s1. The molecule has 0 aliphatic heterocycles. The highest BCUT2D eigenvalue weighted by atomic mass is 16.4. The fourth-order valence-corrected chi connectivity index (χ4v) is 1.16. The number of hydrogen-bond donors (Lipinski definition) is 2. The van der Waals surface area contributed by atoms with Crippen molar-refractivity contribution in [1.29, 1.82) is 0 Å². The lowest BCUT2D eigenvalue weighted by molar-refractivity contribution is 0.0687. The second-order valence-electron chi connectivity index (χ2n) is 3.28. The van der Waals surface area contributed by atoms with Gasteiger partial charge in [-0.1, -0.05) is 20.3 Å². The minimum Gasteiger partial charge on any atom is -0.476 e. The van der Waals surface area contributed by atoms with E-state index in [9.17, 15) is 4.79 Å². The van der Waals surface area contributed by atoms with E-state index in [0.29, 0.717) is 0 Å². The summed E-state index contributed by atoms with van der Waals surface area (Å²) in [7, 11) is 0. The van der Waals surface area contributed by atoms with Gasteiger partial charge < -0.3 is 15.3 Å². The molecule has 0 saturated heterocycles. The first-order valence-corrected chi connectivity index (χ1v) is 4.50. The molecule has 1 aromatic rings. The van der Waals surface area contributed by atoms with Gasteiger partial charge in [-0.15, -0.1) is 0 Å². The van der Waals surface area contributed by atoms with Gasteiger partial charge in [-0.25, -0.2) is 9.78 Å². The minimum atomic E-state index is -1.10. The van der Waals surface area contributed by atoms with Crippen LogP contribution >= 0.6 is 0 Å². The Morgan fingerprint density at radius 3 is 2.93 bits per heavy atom. The van der Waals surface area contributed by atoms with Crippen molar-refractivity contribution in [3.05, 3.63) is 17.8 Å². The van der Waals surface area contributed by atoms with Gasteiger partial charge in [0, 0.05) is 0 Å². The third-order valence-electron chi connectivity index (χ3n) is 2.36. The molecule has 78 valence electrons. The van der Waals surface area contributed by atoms with Crippen LogP contribution in [0, 0.1) is 5.92 Å². The quantitative estimate of drug-likeness (QED) is 0.763. The second-order valence-corrected chi connectivity index (χ2v) is 3.28. The molecule has 0 aliphatic carbocycles. The number of carbonyl (C=O) groups is 1. The van der Waals surface area contributed by atoms with Crippen LogP contribution in [0.15, 0.2) is 10.8 Å². The lowest BCUT2D eigenvalue weighted by atomic mass is 9.97. The number of nitrogens with zero attached hydrogens (tertiary/aromatic N) is 1. The third kappa shape index (κ3) is 1.93. The Balaban J connectivity index is 2.94. The van der Waals surface area contributed by atoms with Gasteiger partial charge in [0.15, 0.2) is 17.8 Å². The molecule has 0 unspecified atom stereocenters. The van der Waals surface area contributed by atoms with Crippen molar-refractivity contribution in [2.24, 2.45) is 11.7 Å². The number of hydrogen-bond acceptors (Lipinski definition) is 4. The summed E-state index contributed by atoms with van der Waals surface area (Å²) in [6.45, 7) is 3.93. The van der Waals surface area contributed by atoms with Crippen LogP contribution in [0.1, 0.15) is 42.6 Å². The number of aromatic carboxylic acids is 1. The van der Waals surface area contributed by atoms with Gasteiger partial charge in [0.25, 0.3) is 0 Å². The average Bonchev–Trinajstić information content (AvgIpc) is 2.63. The maximum atomic E-state index is 10.7. The highest BCUT2D eigenvalue weighted by molar-refractivity contribution is 5.86. The van der Waals surface area contributed by atoms with E-state index in [1.165, 1.54) is 0 Å². The number of oxazole rings is 1. The van der Waals surface area contributed by atoms with Gasteiger partial charge in [-0.3, -0.25) is 0 Å². The molecule has 5 nitrogen and oxygen atoms in total. The highest BCUT2D eigenvalue weighted by Crippen LogP contribution is 2.24. The molecule has 0 fully saturated rings. The van der Waals surface area contributed by atoms with Gasteiger partial charge in [-0.2, -0.15) is 0 Å². The molecule has 0 aliphatic rings. The van der Waals surface area contributed by atoms with Crippen LogP contribution in [0.25, 0.3) is 0 Å². The van der Waals surface area contributed by atoms with Crippen LogP contribution in [0.4, 0.5) is 0 Å². The lowest BCUT2D eigenvalue weighted by Gasteiger charge is -2.15. The van der Waals surface area contributed by atoms with Crippen LogP contribution in [0.3, 0.4) is 0 Å². The molecule has 14 heavy (non-hydrogen) atoms. The average molecular weight is 198 g/mol. The molecule has 1 rings (SSSR count). The van der Waals surface area contributed by atoms with Crippen molar-refractivity contribution in [3.8, 4) is 0 Å². The summed E-state index contributed by atoms with van der Waals surface area (Å²) in [5.41, 5.74) is 5.75. The summed E-state index contributed by atoms with van der Waals surface area (Å²) >= 11 is 0. The zero-order chi connectivity index (χ0) is 10.7. The summed E-state index contributed by atoms with van der Waals surface area (Å²) in [5.74, 6) is -0.680. The minimum absolute atomic E-state index is 0.0854. The van der Waals surface area contributed by atoms with Crippen molar-refractivity contribution in [3.63, 3.8) is 0 Å². The summed E-state index contributed by atoms with van der Waals surface area (Å²) < 4.78 is 4.99. The monoisotopic (exact) mass is 198 g/mol. The summed E-state index contributed by atoms with van der Waals surface area (Å²) in [6.07, 6.45) is 1.97. The fraction of sp³-hybridized carbons (Fsp3) is 0.556. The molecule has 0 amide bonds. The summed E-state index contributed by atoms with van der Waals surface area (Å²) in [4.78, 5) is 14.3. The Kier molecular flexibility index (Phi) is 3.24. The first-order valence-electron chi connectivity index (χ1n) is 4.50. The molecule has 5 heteroatoms. The van der Waals surface area contributed by atoms with E-state index < -0.39 is 12.0 Å². The second kappa shape index (κ2) is 4.23. The van der Waals surface area contributed by atoms with Gasteiger partial charge in [0.1, 0.15) is 0 Å². The first kappa shape index (κ1) is 10.7. The van der Waals surface area contributed by atoms with Crippen molar-refractivity contribution in [1.82, 2.24) is 4.98 Å². The van der Waals surface area contributed by atoms with Crippen LogP contribution in [0.5, 0.6) is 0 Å². The molecular formula is C9H14N2O3. The Hall–Kier alpha value is -1.36. The van der Waals surface area contributed by atoms with Crippen molar-refractivity contribution in [2.75, 3.05) is 0 Å². The van der Waals surface area contributed by atoms with Gasteiger partial charge in [0.05, 0.1) is 6.04 Å². The molecule has 0 spiro atoms. The molecular weight excluding hydrogens is 184 g/mol. The molecule has 2 atom stereocenters. The fourth-order valence-electron chi connectivity index (χ4n) is 1.16. The number of rotatable bonds is 4. The van der Waals surface area contributed by atoms with Gasteiger partial charge in [0.2, 0.25) is 0 Å². The zero-order valence-electron chi connectivity index (χ0n) is 8.23. The van der Waals surface area contributed by atoms with E-state index in [1.807, 2.05) is 13.8 Å². The number of carboxylic acids is 1. The van der Waals surface area contributed by atoms with Crippen molar-refractivity contribution in [2.45, 2.75) is 26.3 Å². The summed E-state index contributed by atoms with van der Waals surface area (Å²) in [5, 5.41) is 8.78. The highest BCUT2D eigenvalue weighted by Gasteiger charge is 2.24. The number of carboxylic acid groups (broad SMARTS) is 1. The van der Waals surface area contributed by atoms with E-state index >= 15 is 0 Å². The van der Waals surface area contributed by atoms with Gasteiger partial charge in [-0.05, 0) is 5.92 Å². The number of aromatic nitrogens is 1. The number of nitrogens with two attached hydrogens (primary N) is 1. The maximum Gasteiger partial charge on any atom is 0.358 e. The Morgan fingerprint density at radius 2 is 2.43 bits per heavy atom. The first-order chi connectivity index (χ1) is 6.57. The molecule has 3 N–H and O–H groups in total. The molecule has 0 bridgehead atoms. The molecule has 1 heterocycles. The van der Waals surface area contributed by atoms with Gasteiger partial charge >= 0.3 is 5.97 Å². The molecule has 0 saturated carbocycles. The smallest absolute Gasteiger partial charge is 0.358 e. The SMILES string of the molecule is CC[C@H](C)[C@H](N)c1ocnc1C(=O)O.